The molecule has 1 saturated carbocycles. The minimum atomic E-state index is 0.0504. The van der Waals surface area contributed by atoms with Crippen LogP contribution in [0.2, 0.25) is 0 Å². The maximum absolute atomic E-state index is 12.9. The van der Waals surface area contributed by atoms with Crippen LogP contribution in [0.25, 0.3) is 0 Å². The van der Waals surface area contributed by atoms with Crippen molar-refractivity contribution in [1.29, 1.82) is 0 Å². The molecule has 5 rings (SSSR count). The lowest BCUT2D eigenvalue weighted by Gasteiger charge is -2.27. The lowest BCUT2D eigenvalue weighted by atomic mass is 9.89. The van der Waals surface area contributed by atoms with Crippen molar-refractivity contribution in [2.75, 3.05) is 24.5 Å². The first kappa shape index (κ1) is 20.5. The molecule has 2 amide bonds. The van der Waals surface area contributed by atoms with Crippen LogP contribution in [0.4, 0.5) is 5.82 Å². The molecule has 1 saturated heterocycles. The van der Waals surface area contributed by atoms with E-state index in [4.69, 9.17) is 9.97 Å². The van der Waals surface area contributed by atoms with E-state index in [1.807, 2.05) is 23.6 Å². The zero-order valence-corrected chi connectivity index (χ0v) is 19.1. The molecule has 0 unspecified atom stereocenters. The summed E-state index contributed by atoms with van der Waals surface area (Å²) in [6.45, 7) is 5.96. The predicted molar refractivity (Wildman–Crippen MR) is 120 cm³/mol. The van der Waals surface area contributed by atoms with Crippen molar-refractivity contribution in [2.45, 2.75) is 64.7 Å². The van der Waals surface area contributed by atoms with Crippen molar-refractivity contribution >= 4 is 29.0 Å². The minimum absolute atomic E-state index is 0.0504. The monoisotopic (exact) mass is 439 g/mol. The second-order valence-electron chi connectivity index (χ2n) is 9.16. The van der Waals surface area contributed by atoms with Crippen LogP contribution in [-0.2, 0) is 11.2 Å². The number of rotatable bonds is 4. The van der Waals surface area contributed by atoms with E-state index in [2.05, 4.69) is 4.98 Å². The molecule has 164 valence electrons. The van der Waals surface area contributed by atoms with Crippen molar-refractivity contribution in [3.63, 3.8) is 0 Å². The molecule has 2 aromatic heterocycles. The van der Waals surface area contributed by atoms with Gasteiger partial charge in [-0.25, -0.2) is 15.0 Å². The van der Waals surface area contributed by atoms with Crippen LogP contribution in [0.3, 0.4) is 0 Å². The fraction of sp³-hybridized carbons (Fsp3) is 0.609. The van der Waals surface area contributed by atoms with Crippen molar-refractivity contribution < 1.29 is 9.59 Å². The molecule has 2 fully saturated rings. The maximum Gasteiger partial charge on any atom is 0.265 e. The Morgan fingerprint density at radius 3 is 2.68 bits per heavy atom. The van der Waals surface area contributed by atoms with Gasteiger partial charge in [-0.2, -0.15) is 0 Å². The molecular weight excluding hydrogens is 410 g/mol. The summed E-state index contributed by atoms with van der Waals surface area (Å²) in [5.41, 5.74) is 4.40. The zero-order valence-electron chi connectivity index (χ0n) is 18.3. The van der Waals surface area contributed by atoms with Gasteiger partial charge in [0.1, 0.15) is 16.5 Å². The Morgan fingerprint density at radius 2 is 1.94 bits per heavy atom. The Hall–Kier alpha value is -2.35. The van der Waals surface area contributed by atoms with Gasteiger partial charge in [-0.15, -0.1) is 11.3 Å². The van der Waals surface area contributed by atoms with E-state index in [-0.39, 0.29) is 17.7 Å². The first-order chi connectivity index (χ1) is 15.0. The van der Waals surface area contributed by atoms with Crippen molar-refractivity contribution in [3.8, 4) is 0 Å². The van der Waals surface area contributed by atoms with Crippen LogP contribution in [0.15, 0.2) is 5.51 Å². The number of carbonyl (C=O) groups is 2. The van der Waals surface area contributed by atoms with Gasteiger partial charge in [0.25, 0.3) is 5.91 Å². The molecule has 7 nitrogen and oxygen atoms in total. The van der Waals surface area contributed by atoms with E-state index in [9.17, 15) is 9.59 Å². The standard InChI is InChI=1S/C23H29N5O2S/c1-14-18-10-19(29)28(11-16-6-4-3-5-7-16)22(18)26-21(25-14)17-8-9-27(12-17)23(30)20-15(2)24-13-31-20/h13,16-17H,3-12H2,1-2H3/t17-/m0/s1. The van der Waals surface area contributed by atoms with Crippen molar-refractivity contribution in [3.05, 3.63) is 33.2 Å². The van der Waals surface area contributed by atoms with Crippen LogP contribution in [0.5, 0.6) is 0 Å². The Bertz CT molecular complexity index is 1010. The molecule has 3 aliphatic rings. The summed E-state index contributed by atoms with van der Waals surface area (Å²) in [7, 11) is 0. The van der Waals surface area contributed by atoms with Crippen LogP contribution >= 0.6 is 11.3 Å². The number of aryl methyl sites for hydroxylation is 2. The summed E-state index contributed by atoms with van der Waals surface area (Å²) >= 11 is 1.40. The summed E-state index contributed by atoms with van der Waals surface area (Å²) in [6, 6.07) is 0. The topological polar surface area (TPSA) is 79.3 Å². The highest BCUT2D eigenvalue weighted by Gasteiger charge is 2.36. The van der Waals surface area contributed by atoms with Gasteiger partial charge < -0.3 is 4.90 Å². The smallest absolute Gasteiger partial charge is 0.265 e. The predicted octanol–water partition coefficient (Wildman–Crippen LogP) is 3.65. The first-order valence-electron chi connectivity index (χ1n) is 11.4. The van der Waals surface area contributed by atoms with Crippen LogP contribution in [0, 0.1) is 19.8 Å². The lowest BCUT2D eigenvalue weighted by Crippen LogP contribution is -2.33. The summed E-state index contributed by atoms with van der Waals surface area (Å²) in [6.07, 6.45) is 7.49. The maximum atomic E-state index is 12.9. The molecule has 0 bridgehead atoms. The minimum Gasteiger partial charge on any atom is -0.337 e. The average Bonchev–Trinajstić information content (AvgIpc) is 3.49. The average molecular weight is 440 g/mol. The second kappa shape index (κ2) is 8.30. The van der Waals surface area contributed by atoms with Crippen LogP contribution in [0.1, 0.15) is 76.9 Å². The third-order valence-electron chi connectivity index (χ3n) is 7.04. The van der Waals surface area contributed by atoms with E-state index in [1.165, 1.54) is 43.4 Å². The molecule has 31 heavy (non-hydrogen) atoms. The van der Waals surface area contributed by atoms with Gasteiger partial charge in [0.05, 0.1) is 17.6 Å². The van der Waals surface area contributed by atoms with Crippen molar-refractivity contribution in [2.24, 2.45) is 5.92 Å². The van der Waals surface area contributed by atoms with Gasteiger partial charge in [-0.3, -0.25) is 14.5 Å². The quantitative estimate of drug-likeness (QED) is 0.727. The SMILES string of the molecule is Cc1ncsc1C(=O)N1CC[C@H](c2nc(C)c3c(n2)N(CC2CCCCC2)C(=O)C3)C1. The number of anilines is 1. The molecule has 1 aliphatic carbocycles. The van der Waals surface area contributed by atoms with E-state index in [1.54, 1.807) is 5.51 Å². The molecule has 0 spiro atoms. The first-order valence-corrected chi connectivity index (χ1v) is 12.3. The van der Waals surface area contributed by atoms with Gasteiger partial charge in [0.2, 0.25) is 5.91 Å². The second-order valence-corrected chi connectivity index (χ2v) is 10.0. The van der Waals surface area contributed by atoms with E-state index in [0.717, 1.165) is 46.4 Å². The number of likely N-dealkylation sites (tertiary alicyclic amines) is 1. The molecule has 0 N–H and O–H groups in total. The molecule has 4 heterocycles. The Balaban J connectivity index is 1.35. The van der Waals surface area contributed by atoms with Gasteiger partial charge in [-0.1, -0.05) is 19.3 Å². The number of hydrogen-bond acceptors (Lipinski definition) is 6. The van der Waals surface area contributed by atoms with Crippen LogP contribution in [-0.4, -0.2) is 51.3 Å². The van der Waals surface area contributed by atoms with Gasteiger partial charge in [-0.05, 0) is 39.0 Å². The summed E-state index contributed by atoms with van der Waals surface area (Å²) in [4.78, 5) is 44.1. The van der Waals surface area contributed by atoms with Gasteiger partial charge >= 0.3 is 0 Å². The van der Waals surface area contributed by atoms with E-state index in [0.29, 0.717) is 25.4 Å². The molecule has 2 aliphatic heterocycles. The summed E-state index contributed by atoms with van der Waals surface area (Å²) < 4.78 is 0. The number of nitrogens with zero attached hydrogens (tertiary/aromatic N) is 5. The van der Waals surface area contributed by atoms with Crippen LogP contribution < -0.4 is 4.90 Å². The fourth-order valence-corrected chi connectivity index (χ4v) is 5.97. The highest BCUT2D eigenvalue weighted by atomic mass is 32.1. The highest BCUT2D eigenvalue weighted by molar-refractivity contribution is 7.11. The zero-order chi connectivity index (χ0) is 21.5. The number of aromatic nitrogens is 3. The number of carbonyl (C=O) groups excluding carboxylic acids is 2. The van der Waals surface area contributed by atoms with Gasteiger partial charge in [0, 0.05) is 36.8 Å². The summed E-state index contributed by atoms with van der Waals surface area (Å²) in [5.74, 6) is 2.48. The molecular formula is C23H29N5O2S. The molecule has 2 aromatic rings. The highest BCUT2D eigenvalue weighted by Crippen LogP contribution is 2.35. The Kier molecular flexibility index (Phi) is 5.50. The van der Waals surface area contributed by atoms with Gasteiger partial charge in [0.15, 0.2) is 0 Å². The molecule has 0 radical (unpaired) electrons. The van der Waals surface area contributed by atoms with E-state index < -0.39 is 0 Å². The van der Waals surface area contributed by atoms with Crippen molar-refractivity contribution in [1.82, 2.24) is 19.9 Å². The Labute approximate surface area is 186 Å². The molecule has 0 aromatic carbocycles. The lowest BCUT2D eigenvalue weighted by molar-refractivity contribution is -0.117. The largest absolute Gasteiger partial charge is 0.337 e. The number of fused-ring (bicyclic) bond motifs is 1. The summed E-state index contributed by atoms with van der Waals surface area (Å²) in [5, 5.41) is 0. The molecule has 1 atom stereocenters. The number of amides is 2. The fourth-order valence-electron chi connectivity index (χ4n) is 5.20. The number of thiazole rings is 1. The van der Waals surface area contributed by atoms with E-state index >= 15 is 0 Å². The number of hydrogen-bond donors (Lipinski definition) is 0. The third kappa shape index (κ3) is 3.86. The normalized spacial score (nSPS) is 21.7. The third-order valence-corrected chi connectivity index (χ3v) is 7.96. The Morgan fingerprint density at radius 1 is 1.13 bits per heavy atom. The molecule has 8 heteroatoms.